The molecule has 1 heterocycles. The van der Waals surface area contributed by atoms with E-state index in [1.54, 1.807) is 4.90 Å². The zero-order chi connectivity index (χ0) is 27.1. The van der Waals surface area contributed by atoms with Crippen molar-refractivity contribution in [2.24, 2.45) is 17.4 Å². The molecule has 0 aromatic carbocycles. The van der Waals surface area contributed by atoms with Gasteiger partial charge in [0.1, 0.15) is 18.8 Å². The molecule has 0 aliphatic carbocycles. The van der Waals surface area contributed by atoms with Crippen LogP contribution in [0.4, 0.5) is 9.59 Å². The highest BCUT2D eigenvalue weighted by Gasteiger charge is 2.30. The molecular formula is C25H43N5O6. The molecule has 11 nitrogen and oxygen atoms in total. The molecule has 6 N–H and O–H groups in total. The number of ether oxygens (including phenoxy) is 2. The molecule has 0 spiro atoms. The molecule has 1 aliphatic rings. The van der Waals surface area contributed by atoms with Crippen molar-refractivity contribution in [2.75, 3.05) is 26.2 Å². The van der Waals surface area contributed by atoms with Crippen LogP contribution in [0.15, 0.2) is 23.8 Å². The third kappa shape index (κ3) is 11.6. The van der Waals surface area contributed by atoms with Gasteiger partial charge in [-0.15, -0.1) is 0 Å². The number of urea groups is 1. The molecule has 1 saturated heterocycles. The van der Waals surface area contributed by atoms with E-state index in [0.29, 0.717) is 32.4 Å². The molecule has 36 heavy (non-hydrogen) atoms. The monoisotopic (exact) mass is 509 g/mol. The standard InChI is InChI=1S/C25H43N5O6/c1-5-7-9-18(6-2)16-35-25(34)30-14-11-19(12-15-30)36-23(32)20(10-8-13-28-24(27)33)29-22(31)21(26)17(3)4/h6-7,9,17,19-21H,5,8,10-16,26H2,1-4H3,(H,29,31)(H3,27,28,33)/b9-7-,18-6+/t20-,21-/m0/s1. The molecule has 0 saturated carbocycles. The summed E-state index contributed by atoms with van der Waals surface area (Å²) >= 11 is 0. The Bertz CT molecular complexity index is 790. The number of esters is 1. The molecule has 204 valence electrons. The highest BCUT2D eigenvalue weighted by molar-refractivity contribution is 5.87. The fourth-order valence-electron chi connectivity index (χ4n) is 3.47. The van der Waals surface area contributed by atoms with E-state index in [1.807, 2.05) is 45.9 Å². The van der Waals surface area contributed by atoms with E-state index in [2.05, 4.69) is 10.6 Å². The number of carbonyl (C=O) groups excluding carboxylic acids is 4. The van der Waals surface area contributed by atoms with Crippen molar-refractivity contribution >= 4 is 24.0 Å². The van der Waals surface area contributed by atoms with Crippen molar-refractivity contribution in [3.05, 3.63) is 23.8 Å². The van der Waals surface area contributed by atoms with Crippen molar-refractivity contribution in [3.63, 3.8) is 0 Å². The van der Waals surface area contributed by atoms with Gasteiger partial charge in [-0.1, -0.05) is 39.0 Å². The van der Waals surface area contributed by atoms with Gasteiger partial charge in [-0.2, -0.15) is 0 Å². The number of hydrogen-bond acceptors (Lipinski definition) is 7. The van der Waals surface area contributed by atoms with Gasteiger partial charge < -0.3 is 36.5 Å². The second-order valence-electron chi connectivity index (χ2n) is 9.12. The highest BCUT2D eigenvalue weighted by Crippen LogP contribution is 2.17. The number of primary amides is 1. The maximum absolute atomic E-state index is 12.9. The van der Waals surface area contributed by atoms with Gasteiger partial charge in [0, 0.05) is 32.5 Å². The number of nitrogens with zero attached hydrogens (tertiary/aromatic N) is 1. The lowest BCUT2D eigenvalue weighted by molar-refractivity contribution is -0.155. The minimum atomic E-state index is -0.907. The summed E-state index contributed by atoms with van der Waals surface area (Å²) in [6.07, 6.45) is 7.53. The quantitative estimate of drug-likeness (QED) is 0.167. The molecule has 2 atom stereocenters. The van der Waals surface area contributed by atoms with Crippen LogP contribution >= 0.6 is 0 Å². The van der Waals surface area contributed by atoms with E-state index < -0.39 is 36.1 Å². The van der Waals surface area contributed by atoms with Crippen LogP contribution in [-0.4, -0.2) is 73.3 Å². The molecule has 0 aromatic rings. The van der Waals surface area contributed by atoms with Gasteiger partial charge in [0.05, 0.1) is 6.04 Å². The normalized spacial score (nSPS) is 16.5. The molecule has 1 fully saturated rings. The second-order valence-corrected chi connectivity index (χ2v) is 9.12. The predicted octanol–water partition coefficient (Wildman–Crippen LogP) is 1.96. The molecule has 1 rings (SSSR count). The number of allylic oxidation sites excluding steroid dienone is 2. The Balaban J connectivity index is 2.60. The van der Waals surface area contributed by atoms with Crippen molar-refractivity contribution in [3.8, 4) is 0 Å². The fraction of sp³-hybridized carbons (Fsp3) is 0.680. The fourth-order valence-corrected chi connectivity index (χ4v) is 3.47. The van der Waals surface area contributed by atoms with Gasteiger partial charge in [-0.05, 0) is 37.7 Å². The van der Waals surface area contributed by atoms with Gasteiger partial charge in [0.25, 0.3) is 0 Å². The van der Waals surface area contributed by atoms with Crippen LogP contribution in [0, 0.1) is 5.92 Å². The Kier molecular flexibility index (Phi) is 14.2. The summed E-state index contributed by atoms with van der Waals surface area (Å²) in [4.78, 5) is 50.2. The number of likely N-dealkylation sites (tertiary alicyclic amines) is 1. The number of nitrogens with two attached hydrogens (primary N) is 2. The first kappa shape index (κ1) is 31.0. The number of piperidine rings is 1. The van der Waals surface area contributed by atoms with Crippen LogP contribution in [0.1, 0.15) is 59.8 Å². The zero-order valence-electron chi connectivity index (χ0n) is 22.0. The highest BCUT2D eigenvalue weighted by atomic mass is 16.6. The van der Waals surface area contributed by atoms with E-state index in [0.717, 1.165) is 12.0 Å². The number of rotatable bonds is 13. The SMILES string of the molecule is C/C=C(\C=C/CC)COC(=O)N1CCC(OC(=O)[C@H](CCCNC(N)=O)NC(=O)[C@@H](N)C(C)C)CC1. The molecule has 1 aliphatic heterocycles. The van der Waals surface area contributed by atoms with Crippen molar-refractivity contribution < 1.29 is 28.7 Å². The third-order valence-corrected chi connectivity index (χ3v) is 5.87. The first-order valence-corrected chi connectivity index (χ1v) is 12.6. The van der Waals surface area contributed by atoms with Crippen LogP contribution in [0.3, 0.4) is 0 Å². The van der Waals surface area contributed by atoms with E-state index in [4.69, 9.17) is 20.9 Å². The lowest BCUT2D eigenvalue weighted by Gasteiger charge is -2.32. The second kappa shape index (κ2) is 16.6. The molecule has 0 unspecified atom stereocenters. The summed E-state index contributed by atoms with van der Waals surface area (Å²) in [6.45, 7) is 8.80. The summed E-state index contributed by atoms with van der Waals surface area (Å²) in [5, 5.41) is 5.13. The lowest BCUT2D eigenvalue weighted by atomic mass is 10.0. The minimum Gasteiger partial charge on any atom is -0.461 e. The lowest BCUT2D eigenvalue weighted by Crippen LogP contribution is -2.51. The maximum atomic E-state index is 12.9. The molecule has 0 bridgehead atoms. The Morgan fingerprint density at radius 3 is 2.39 bits per heavy atom. The molecule has 0 aromatic heterocycles. The Morgan fingerprint density at radius 1 is 1.17 bits per heavy atom. The van der Waals surface area contributed by atoms with Crippen molar-refractivity contribution in [1.82, 2.24) is 15.5 Å². The maximum Gasteiger partial charge on any atom is 0.410 e. The Hall–Kier alpha value is -3.08. The van der Waals surface area contributed by atoms with Crippen LogP contribution in [0.25, 0.3) is 0 Å². The van der Waals surface area contributed by atoms with Crippen molar-refractivity contribution in [2.45, 2.75) is 78.0 Å². The number of amides is 4. The Morgan fingerprint density at radius 2 is 1.83 bits per heavy atom. The average molecular weight is 510 g/mol. The largest absolute Gasteiger partial charge is 0.461 e. The predicted molar refractivity (Wildman–Crippen MR) is 137 cm³/mol. The van der Waals surface area contributed by atoms with Crippen LogP contribution in [0.5, 0.6) is 0 Å². The summed E-state index contributed by atoms with van der Waals surface area (Å²) in [7, 11) is 0. The van der Waals surface area contributed by atoms with Gasteiger partial charge in [0.15, 0.2) is 0 Å². The molecule has 0 radical (unpaired) electrons. The summed E-state index contributed by atoms with van der Waals surface area (Å²) in [6, 6.07) is -2.33. The minimum absolute atomic E-state index is 0.103. The van der Waals surface area contributed by atoms with Crippen LogP contribution < -0.4 is 22.1 Å². The zero-order valence-corrected chi connectivity index (χ0v) is 22.0. The van der Waals surface area contributed by atoms with E-state index in [9.17, 15) is 19.2 Å². The van der Waals surface area contributed by atoms with E-state index in [1.165, 1.54) is 0 Å². The Labute approximate surface area is 214 Å². The average Bonchev–Trinajstić information content (AvgIpc) is 2.85. The van der Waals surface area contributed by atoms with Gasteiger partial charge >= 0.3 is 18.1 Å². The summed E-state index contributed by atoms with van der Waals surface area (Å²) in [5.41, 5.74) is 11.9. The molecular weight excluding hydrogens is 466 g/mol. The first-order chi connectivity index (χ1) is 17.1. The van der Waals surface area contributed by atoms with E-state index >= 15 is 0 Å². The number of nitrogens with one attached hydrogen (secondary N) is 2. The first-order valence-electron chi connectivity index (χ1n) is 12.6. The summed E-state index contributed by atoms with van der Waals surface area (Å²) in [5.74, 6) is -1.12. The van der Waals surface area contributed by atoms with Gasteiger partial charge in [0.2, 0.25) is 5.91 Å². The van der Waals surface area contributed by atoms with Crippen LogP contribution in [0.2, 0.25) is 0 Å². The van der Waals surface area contributed by atoms with E-state index in [-0.39, 0.29) is 31.6 Å². The van der Waals surface area contributed by atoms with Gasteiger partial charge in [-0.25, -0.2) is 14.4 Å². The number of carbonyl (C=O) groups is 4. The van der Waals surface area contributed by atoms with Crippen molar-refractivity contribution in [1.29, 1.82) is 0 Å². The number of hydrogen-bond donors (Lipinski definition) is 4. The molecule has 11 heteroatoms. The third-order valence-electron chi connectivity index (χ3n) is 5.87. The van der Waals surface area contributed by atoms with Gasteiger partial charge in [-0.3, -0.25) is 4.79 Å². The topological polar surface area (TPSA) is 166 Å². The smallest absolute Gasteiger partial charge is 0.410 e. The van der Waals surface area contributed by atoms with Crippen LogP contribution in [-0.2, 0) is 19.1 Å². The molecule has 4 amide bonds. The summed E-state index contributed by atoms with van der Waals surface area (Å²) < 4.78 is 11.1.